The summed E-state index contributed by atoms with van der Waals surface area (Å²) in [5.41, 5.74) is 7.94. The van der Waals surface area contributed by atoms with Crippen molar-refractivity contribution < 1.29 is 0 Å². The molecule has 1 atom stereocenters. The minimum atomic E-state index is 0.574. The van der Waals surface area contributed by atoms with Crippen molar-refractivity contribution in [2.75, 3.05) is 0 Å². The number of benzene rings is 2. The number of hydrogen-bond donors (Lipinski definition) is 1. The molecule has 0 N–H and O–H groups in total. The van der Waals surface area contributed by atoms with Crippen molar-refractivity contribution in [3.8, 4) is 11.1 Å². The standard InChI is InChI=1S/C23H28S.C4H10/c1-5-8-18-10-11-21(16-24)23(14-18)20-12-13-22(17(4)7-3)19(15-20)9-6-2;1-3-4-2/h5-6,10-15,17,24H,1-2,7-9,16H2,3-4H3;3-4H2,1-2H3. The van der Waals surface area contributed by atoms with E-state index in [9.17, 15) is 0 Å². The second-order valence-electron chi connectivity index (χ2n) is 7.36. The summed E-state index contributed by atoms with van der Waals surface area (Å²) in [5.74, 6) is 1.32. The van der Waals surface area contributed by atoms with Crippen LogP contribution in [0.5, 0.6) is 0 Å². The SMILES string of the molecule is C=CCc1ccc(CS)c(-c2ccc(C(C)CC)c(CC=C)c2)c1.CCCC. The Morgan fingerprint density at radius 3 is 2.11 bits per heavy atom. The second-order valence-corrected chi connectivity index (χ2v) is 7.67. The lowest BCUT2D eigenvalue weighted by molar-refractivity contribution is 0.726. The largest absolute Gasteiger partial charge is 0.175 e. The predicted octanol–water partition coefficient (Wildman–Crippen LogP) is 8.56. The highest BCUT2D eigenvalue weighted by Crippen LogP contribution is 2.31. The molecule has 0 spiro atoms. The Morgan fingerprint density at radius 1 is 0.893 bits per heavy atom. The number of allylic oxidation sites excluding steroid dienone is 2. The molecule has 2 aromatic carbocycles. The van der Waals surface area contributed by atoms with Gasteiger partial charge in [-0.25, -0.2) is 0 Å². The van der Waals surface area contributed by atoms with E-state index in [2.05, 4.69) is 89.9 Å². The molecule has 0 saturated heterocycles. The van der Waals surface area contributed by atoms with Crippen LogP contribution in [0, 0.1) is 0 Å². The van der Waals surface area contributed by atoms with Gasteiger partial charge in [-0.1, -0.05) is 89.1 Å². The average Bonchev–Trinajstić information content (AvgIpc) is 2.73. The van der Waals surface area contributed by atoms with Crippen molar-refractivity contribution >= 4 is 12.6 Å². The van der Waals surface area contributed by atoms with Crippen LogP contribution in [0.15, 0.2) is 61.7 Å². The van der Waals surface area contributed by atoms with Crippen LogP contribution in [-0.4, -0.2) is 0 Å². The molecule has 0 amide bonds. The molecule has 0 saturated carbocycles. The highest BCUT2D eigenvalue weighted by atomic mass is 32.1. The predicted molar refractivity (Wildman–Crippen MR) is 132 cm³/mol. The van der Waals surface area contributed by atoms with Crippen LogP contribution >= 0.6 is 12.6 Å². The molecule has 2 aromatic rings. The molecular weight excluding hydrogens is 356 g/mol. The van der Waals surface area contributed by atoms with Crippen LogP contribution in [0.2, 0.25) is 0 Å². The zero-order chi connectivity index (χ0) is 20.9. The van der Waals surface area contributed by atoms with E-state index >= 15 is 0 Å². The van der Waals surface area contributed by atoms with E-state index in [1.165, 1.54) is 46.2 Å². The molecule has 0 aliphatic carbocycles. The maximum absolute atomic E-state index is 4.52. The Morgan fingerprint density at radius 2 is 1.57 bits per heavy atom. The zero-order valence-corrected chi connectivity index (χ0v) is 19.2. The molecule has 0 radical (unpaired) electrons. The maximum atomic E-state index is 4.52. The van der Waals surface area contributed by atoms with Crippen LogP contribution in [0.1, 0.15) is 75.1 Å². The first-order valence-electron chi connectivity index (χ1n) is 10.6. The fourth-order valence-corrected chi connectivity index (χ4v) is 3.41. The van der Waals surface area contributed by atoms with Gasteiger partial charge in [-0.2, -0.15) is 12.6 Å². The maximum Gasteiger partial charge on any atom is 0.0160 e. The van der Waals surface area contributed by atoms with Crippen molar-refractivity contribution in [3.05, 3.63) is 84.0 Å². The van der Waals surface area contributed by atoms with Crippen molar-refractivity contribution in [2.45, 2.75) is 71.5 Å². The van der Waals surface area contributed by atoms with Crippen LogP contribution in [0.3, 0.4) is 0 Å². The van der Waals surface area contributed by atoms with Crippen LogP contribution in [-0.2, 0) is 18.6 Å². The van der Waals surface area contributed by atoms with Crippen molar-refractivity contribution in [2.24, 2.45) is 0 Å². The normalized spacial score (nSPS) is 11.3. The highest BCUT2D eigenvalue weighted by Gasteiger charge is 2.12. The average molecular weight is 395 g/mol. The van der Waals surface area contributed by atoms with Crippen LogP contribution < -0.4 is 0 Å². The molecule has 0 nitrogen and oxygen atoms in total. The van der Waals surface area contributed by atoms with Crippen molar-refractivity contribution in [1.29, 1.82) is 0 Å². The van der Waals surface area contributed by atoms with Gasteiger partial charge < -0.3 is 0 Å². The van der Waals surface area contributed by atoms with Crippen LogP contribution in [0.4, 0.5) is 0 Å². The third-order valence-electron chi connectivity index (χ3n) is 5.19. The number of rotatable bonds is 9. The lowest BCUT2D eigenvalue weighted by Crippen LogP contribution is -1.99. The van der Waals surface area contributed by atoms with Gasteiger partial charge in [0, 0.05) is 5.75 Å². The van der Waals surface area contributed by atoms with E-state index < -0.39 is 0 Å². The van der Waals surface area contributed by atoms with E-state index in [0.29, 0.717) is 5.92 Å². The minimum Gasteiger partial charge on any atom is -0.175 e. The zero-order valence-electron chi connectivity index (χ0n) is 18.3. The first-order chi connectivity index (χ1) is 13.6. The van der Waals surface area contributed by atoms with Gasteiger partial charge in [-0.3, -0.25) is 0 Å². The van der Waals surface area contributed by atoms with E-state index in [1.54, 1.807) is 0 Å². The summed E-state index contributed by atoms with van der Waals surface area (Å²) in [4.78, 5) is 0. The van der Waals surface area contributed by atoms with Crippen molar-refractivity contribution in [1.82, 2.24) is 0 Å². The number of hydrogen-bond acceptors (Lipinski definition) is 1. The summed E-state index contributed by atoms with van der Waals surface area (Å²) in [6.07, 6.45) is 9.55. The molecule has 0 fully saturated rings. The van der Waals surface area contributed by atoms with Crippen molar-refractivity contribution in [3.63, 3.8) is 0 Å². The van der Waals surface area contributed by atoms with Gasteiger partial charge in [0.15, 0.2) is 0 Å². The summed E-state index contributed by atoms with van der Waals surface area (Å²) >= 11 is 4.52. The summed E-state index contributed by atoms with van der Waals surface area (Å²) in [5, 5.41) is 0. The Labute approximate surface area is 179 Å². The molecule has 0 heterocycles. The molecule has 28 heavy (non-hydrogen) atoms. The fraction of sp³-hybridized carbons (Fsp3) is 0.407. The third kappa shape index (κ3) is 7.02. The topological polar surface area (TPSA) is 0 Å². The molecule has 0 aliphatic rings. The van der Waals surface area contributed by atoms with Gasteiger partial charge in [0.2, 0.25) is 0 Å². The molecule has 152 valence electrons. The van der Waals surface area contributed by atoms with Gasteiger partial charge in [0.25, 0.3) is 0 Å². The van der Waals surface area contributed by atoms with E-state index in [-0.39, 0.29) is 0 Å². The van der Waals surface area contributed by atoms with E-state index in [0.717, 1.165) is 25.0 Å². The Bertz CT molecular complexity index is 740. The van der Waals surface area contributed by atoms with Crippen LogP contribution in [0.25, 0.3) is 11.1 Å². The molecule has 2 rings (SSSR count). The third-order valence-corrected chi connectivity index (χ3v) is 5.53. The molecule has 0 aliphatic heterocycles. The van der Waals surface area contributed by atoms with Gasteiger partial charge >= 0.3 is 0 Å². The lowest BCUT2D eigenvalue weighted by Gasteiger charge is -2.17. The van der Waals surface area contributed by atoms with Gasteiger partial charge in [-0.05, 0) is 58.6 Å². The van der Waals surface area contributed by atoms with Gasteiger partial charge in [0.1, 0.15) is 0 Å². The Hall–Kier alpha value is -1.73. The molecule has 0 aromatic heterocycles. The summed E-state index contributed by atoms with van der Waals surface area (Å²) in [6, 6.07) is 13.5. The number of thiol groups is 1. The Kier molecular flexibility index (Phi) is 11.7. The smallest absolute Gasteiger partial charge is 0.0160 e. The first-order valence-corrected chi connectivity index (χ1v) is 11.3. The summed E-state index contributed by atoms with van der Waals surface area (Å²) < 4.78 is 0. The second kappa shape index (κ2) is 13.4. The summed E-state index contributed by atoms with van der Waals surface area (Å²) in [7, 11) is 0. The van der Waals surface area contributed by atoms with Gasteiger partial charge in [0.05, 0.1) is 0 Å². The quantitative estimate of drug-likeness (QED) is 0.319. The molecular formula is C27H38S. The first kappa shape index (κ1) is 24.3. The van der Waals surface area contributed by atoms with Gasteiger partial charge in [-0.15, -0.1) is 13.2 Å². The number of unbranched alkanes of at least 4 members (excludes halogenated alkanes) is 1. The minimum absolute atomic E-state index is 0.574. The van der Waals surface area contributed by atoms with E-state index in [4.69, 9.17) is 0 Å². The Balaban J connectivity index is 0.000000892. The lowest BCUT2D eigenvalue weighted by atomic mass is 9.88. The molecule has 1 heteroatoms. The highest BCUT2D eigenvalue weighted by molar-refractivity contribution is 7.79. The summed E-state index contributed by atoms with van der Waals surface area (Å²) in [6.45, 7) is 16.7. The fourth-order valence-electron chi connectivity index (χ4n) is 3.13. The molecule has 1 unspecified atom stereocenters. The monoisotopic (exact) mass is 394 g/mol. The molecule has 0 bridgehead atoms. The van der Waals surface area contributed by atoms with E-state index in [1.807, 2.05) is 12.2 Å².